The molecule has 0 bridgehead atoms. The van der Waals surface area contributed by atoms with Gasteiger partial charge in [0.05, 0.1) is 4.70 Å². The van der Waals surface area contributed by atoms with Gasteiger partial charge in [-0.05, 0) is 61.6 Å². The van der Waals surface area contributed by atoms with Crippen LogP contribution in [0.5, 0.6) is 17.2 Å². The Labute approximate surface area is 245 Å². The number of benzene rings is 2. The van der Waals surface area contributed by atoms with E-state index in [1.165, 1.54) is 44.1 Å². The third-order valence-corrected chi connectivity index (χ3v) is 9.05. The molecule has 9 nitrogen and oxygen atoms in total. The smallest absolute Gasteiger partial charge is 0.305 e. The third-order valence-electron chi connectivity index (χ3n) is 8.10. The van der Waals surface area contributed by atoms with E-state index >= 15 is 0 Å². The highest BCUT2D eigenvalue weighted by Crippen LogP contribution is 2.31. The maximum atomic E-state index is 12.7. The summed E-state index contributed by atoms with van der Waals surface area (Å²) in [4.78, 5) is 29.5. The zero-order valence-electron chi connectivity index (χ0n) is 23.7. The molecule has 2 aliphatic rings. The standard InChI is InChI=1S/C31H42N4O5S/c36-25-9-8-23(30-29(25)34-31(38)41-30)11-14-32-15-16-33-28(37)13-18-35(24-5-3-1-2-4-6-24)17-12-22-7-10-26-27(21-22)40-20-19-39-26/h7-10,21,24,32,36H,1-6,11-20H2,(H,33,37)(H,34,38). The number of aromatic amines is 1. The van der Waals surface area contributed by atoms with E-state index in [0.717, 1.165) is 65.6 Å². The molecule has 2 heterocycles. The molecule has 1 amide bonds. The summed E-state index contributed by atoms with van der Waals surface area (Å²) in [6.07, 6.45) is 9.72. The predicted molar refractivity (Wildman–Crippen MR) is 163 cm³/mol. The Balaban J connectivity index is 1.05. The van der Waals surface area contributed by atoms with Gasteiger partial charge in [0.15, 0.2) is 11.5 Å². The molecule has 0 spiro atoms. The van der Waals surface area contributed by atoms with Crippen LogP contribution in [0.4, 0.5) is 0 Å². The summed E-state index contributed by atoms with van der Waals surface area (Å²) < 4.78 is 12.2. The molecule has 1 fully saturated rings. The predicted octanol–water partition coefficient (Wildman–Crippen LogP) is 3.97. The van der Waals surface area contributed by atoms with Gasteiger partial charge in [0, 0.05) is 38.6 Å². The van der Waals surface area contributed by atoms with Gasteiger partial charge < -0.3 is 30.2 Å². The Bertz CT molecular complexity index is 1350. The van der Waals surface area contributed by atoms with Crippen molar-refractivity contribution in [1.29, 1.82) is 0 Å². The van der Waals surface area contributed by atoms with E-state index in [0.29, 0.717) is 44.3 Å². The largest absolute Gasteiger partial charge is 0.506 e. The number of carbonyl (C=O) groups excluding carboxylic acids is 1. The highest BCUT2D eigenvalue weighted by molar-refractivity contribution is 7.16. The minimum absolute atomic E-state index is 0.0853. The molecule has 10 heteroatoms. The number of amides is 1. The first-order chi connectivity index (χ1) is 20.1. The van der Waals surface area contributed by atoms with Crippen LogP contribution in [0.3, 0.4) is 0 Å². The zero-order valence-corrected chi connectivity index (χ0v) is 24.5. The number of nitrogens with zero attached hydrogens (tertiary/aromatic N) is 1. The maximum Gasteiger partial charge on any atom is 0.305 e. The molecule has 41 heavy (non-hydrogen) atoms. The number of nitrogens with one attached hydrogen (secondary N) is 3. The number of rotatable bonds is 13. The molecule has 1 saturated carbocycles. The lowest BCUT2D eigenvalue weighted by molar-refractivity contribution is -0.121. The minimum atomic E-state index is -0.167. The average Bonchev–Trinajstić information content (AvgIpc) is 3.19. The van der Waals surface area contributed by atoms with Crippen LogP contribution in [0, 0.1) is 0 Å². The van der Waals surface area contributed by atoms with Crippen molar-refractivity contribution < 1.29 is 19.4 Å². The summed E-state index contributed by atoms with van der Waals surface area (Å²) >= 11 is 1.12. The molecular formula is C31H42N4O5S. The summed E-state index contributed by atoms with van der Waals surface area (Å²) in [6.45, 7) is 4.85. The molecular weight excluding hydrogens is 540 g/mol. The fourth-order valence-corrected chi connectivity index (χ4v) is 6.76. The number of phenolic OH excluding ortho intramolecular Hbond substituents is 1. The lowest BCUT2D eigenvalue weighted by Gasteiger charge is -2.31. The van der Waals surface area contributed by atoms with Crippen LogP contribution in [0.2, 0.25) is 0 Å². The summed E-state index contributed by atoms with van der Waals surface area (Å²) in [7, 11) is 0. The van der Waals surface area contributed by atoms with Gasteiger partial charge in [-0.1, -0.05) is 49.2 Å². The number of phenols is 1. The lowest BCUT2D eigenvalue weighted by atomic mass is 10.0. The highest BCUT2D eigenvalue weighted by atomic mass is 32.1. The van der Waals surface area contributed by atoms with Crippen LogP contribution in [-0.2, 0) is 17.6 Å². The van der Waals surface area contributed by atoms with E-state index in [4.69, 9.17) is 9.47 Å². The SMILES string of the molecule is O=C(CCN(CCc1ccc2c(c1)OCCO2)C1CCCCCC1)NCCNCCc1ccc(O)c2[nH]c(=O)sc12. The average molecular weight is 583 g/mol. The van der Waals surface area contributed by atoms with Crippen molar-refractivity contribution in [3.8, 4) is 17.2 Å². The maximum absolute atomic E-state index is 12.7. The fourth-order valence-electron chi connectivity index (χ4n) is 5.86. The van der Waals surface area contributed by atoms with E-state index in [2.05, 4.69) is 32.7 Å². The fraction of sp³-hybridized carbons (Fsp3) is 0.548. The van der Waals surface area contributed by atoms with Crippen molar-refractivity contribution in [3.63, 3.8) is 0 Å². The minimum Gasteiger partial charge on any atom is -0.506 e. The molecule has 3 aromatic rings. The van der Waals surface area contributed by atoms with E-state index in [1.54, 1.807) is 6.07 Å². The Morgan fingerprint density at radius 2 is 1.78 bits per heavy atom. The number of thiazole rings is 1. The van der Waals surface area contributed by atoms with Crippen LogP contribution < -0.4 is 25.0 Å². The van der Waals surface area contributed by atoms with Crippen LogP contribution in [-0.4, -0.2) is 72.9 Å². The van der Waals surface area contributed by atoms with Crippen molar-refractivity contribution in [2.45, 2.75) is 63.8 Å². The Hall–Kier alpha value is -3.08. The number of aromatic hydroxyl groups is 1. The van der Waals surface area contributed by atoms with Crippen LogP contribution in [0.25, 0.3) is 10.2 Å². The number of aromatic nitrogens is 1. The molecule has 2 aromatic carbocycles. The molecule has 222 valence electrons. The van der Waals surface area contributed by atoms with Gasteiger partial charge in [0.2, 0.25) is 5.91 Å². The van der Waals surface area contributed by atoms with E-state index in [-0.39, 0.29) is 16.5 Å². The summed E-state index contributed by atoms with van der Waals surface area (Å²) in [5, 5.41) is 16.4. The molecule has 1 aromatic heterocycles. The first-order valence-corrected chi connectivity index (χ1v) is 15.8. The van der Waals surface area contributed by atoms with Crippen LogP contribution in [0.15, 0.2) is 35.1 Å². The first kappa shape index (κ1) is 29.4. The second kappa shape index (κ2) is 14.7. The van der Waals surface area contributed by atoms with Crippen molar-refractivity contribution in [2.75, 3.05) is 45.9 Å². The zero-order chi connectivity index (χ0) is 28.4. The number of fused-ring (bicyclic) bond motifs is 2. The number of ether oxygens (including phenoxy) is 2. The molecule has 1 aliphatic heterocycles. The van der Waals surface area contributed by atoms with Crippen molar-refractivity contribution in [3.05, 3.63) is 51.1 Å². The Morgan fingerprint density at radius 1 is 0.976 bits per heavy atom. The van der Waals surface area contributed by atoms with Crippen LogP contribution >= 0.6 is 11.3 Å². The number of hydrogen-bond donors (Lipinski definition) is 4. The monoisotopic (exact) mass is 582 g/mol. The Morgan fingerprint density at radius 3 is 2.61 bits per heavy atom. The first-order valence-electron chi connectivity index (χ1n) is 15.0. The molecule has 4 N–H and O–H groups in total. The quantitative estimate of drug-likeness (QED) is 0.178. The molecule has 5 rings (SSSR count). The van der Waals surface area contributed by atoms with Crippen molar-refractivity contribution in [1.82, 2.24) is 20.5 Å². The second-order valence-electron chi connectivity index (χ2n) is 11.0. The van der Waals surface area contributed by atoms with Gasteiger partial charge >= 0.3 is 4.87 Å². The van der Waals surface area contributed by atoms with Gasteiger partial charge in [-0.25, -0.2) is 0 Å². The number of carbonyl (C=O) groups is 1. The normalized spacial score (nSPS) is 15.7. The summed E-state index contributed by atoms with van der Waals surface area (Å²) in [5.74, 6) is 1.84. The highest BCUT2D eigenvalue weighted by Gasteiger charge is 2.21. The lowest BCUT2D eigenvalue weighted by Crippen LogP contribution is -2.40. The summed E-state index contributed by atoms with van der Waals surface area (Å²) in [5.41, 5.74) is 2.77. The second-order valence-corrected chi connectivity index (χ2v) is 12.0. The van der Waals surface area contributed by atoms with Crippen molar-refractivity contribution >= 4 is 27.5 Å². The van der Waals surface area contributed by atoms with Crippen molar-refractivity contribution in [2.24, 2.45) is 0 Å². The molecule has 0 unspecified atom stereocenters. The van der Waals surface area contributed by atoms with Gasteiger partial charge in [-0.3, -0.25) is 14.5 Å². The van der Waals surface area contributed by atoms with Gasteiger partial charge in [-0.15, -0.1) is 0 Å². The van der Waals surface area contributed by atoms with Gasteiger partial charge in [-0.2, -0.15) is 0 Å². The number of H-pyrrole nitrogens is 1. The summed E-state index contributed by atoms with van der Waals surface area (Å²) in [6, 6.07) is 10.3. The molecule has 0 radical (unpaired) electrons. The van der Waals surface area contributed by atoms with Crippen LogP contribution in [0.1, 0.15) is 56.1 Å². The molecule has 0 saturated heterocycles. The molecule has 0 atom stereocenters. The van der Waals surface area contributed by atoms with E-state index in [9.17, 15) is 14.7 Å². The van der Waals surface area contributed by atoms with Gasteiger partial charge in [0.1, 0.15) is 24.5 Å². The van der Waals surface area contributed by atoms with Gasteiger partial charge in [0.25, 0.3) is 0 Å². The van der Waals surface area contributed by atoms with E-state index < -0.39 is 0 Å². The molecule has 1 aliphatic carbocycles. The topological polar surface area (TPSA) is 116 Å². The van der Waals surface area contributed by atoms with E-state index in [1.807, 2.05) is 12.1 Å². The Kier molecular flexibility index (Phi) is 10.5. The third kappa shape index (κ3) is 8.24. The number of hydrogen-bond acceptors (Lipinski definition) is 8.